The fourth-order valence-electron chi connectivity index (χ4n) is 10.9. The average Bonchev–Trinajstić information content (AvgIpc) is 3.64. The van der Waals surface area contributed by atoms with Gasteiger partial charge >= 0.3 is 0 Å². The van der Waals surface area contributed by atoms with Crippen LogP contribution in [0.15, 0.2) is 0 Å². The van der Waals surface area contributed by atoms with Crippen LogP contribution >= 0.6 is 0 Å². The highest BCUT2D eigenvalue weighted by molar-refractivity contribution is 5.74. The Labute approximate surface area is 488 Å². The maximum atomic E-state index is 12.7. The molecule has 38 heteroatoms. The van der Waals surface area contributed by atoms with E-state index in [1.54, 1.807) is 0 Å². The topological polar surface area (TPSA) is 592 Å². The maximum Gasteiger partial charge on any atom is 0.217 e. The van der Waals surface area contributed by atoms with E-state index in [0.717, 1.165) is 20.8 Å². The van der Waals surface area contributed by atoms with Crippen LogP contribution in [-0.4, -0.2) is 369 Å². The van der Waals surface area contributed by atoms with Crippen molar-refractivity contribution in [3.8, 4) is 0 Å². The molecule has 0 spiro atoms. The summed E-state index contributed by atoms with van der Waals surface area (Å²) in [5.74, 6) is -2.46. The van der Waals surface area contributed by atoms with Gasteiger partial charge in [0, 0.05) is 20.8 Å². The summed E-state index contributed by atoms with van der Waals surface area (Å²) >= 11 is 0. The lowest BCUT2D eigenvalue weighted by Gasteiger charge is -2.50. The summed E-state index contributed by atoms with van der Waals surface area (Å²) in [7, 11) is 0. The SMILES string of the molecule is CC(=O)N[C@@H]1[C@@H](O)[C@H](O[C@@H]2O[C@H](CO)[C@@H](O[C@@H]3O[C@H](CO[C@H]4O[C@H](CO)[C@@H](O)[C@H](O)[C@@H]4O[C@H]4O[C@H](CO)[C@@H](O[C@@H]5O[C@H](CO)[C@H](O)[C@H](O)[C@H]5O)[C@H](O)[C@H]4NC(C)=O)[C@@H](O)[C@H](O)[C@@H]3O)[C@H](O)[C@H]2NC(C)=O)[C@@H](CO[C@@H]2O[C@@H](C)[C@@H](O)[C@@H](O)[C@@H]2O)O[C@H]1O. The second-order valence-electron chi connectivity index (χ2n) is 21.8. The molecule has 38 nitrogen and oxygen atoms in total. The van der Waals surface area contributed by atoms with Crippen molar-refractivity contribution < 1.29 is 173 Å². The van der Waals surface area contributed by atoms with E-state index >= 15 is 0 Å². The van der Waals surface area contributed by atoms with E-state index in [0.29, 0.717) is 0 Å². The van der Waals surface area contributed by atoms with Gasteiger partial charge in [0.05, 0.1) is 45.7 Å². The normalized spacial score (nSPS) is 49.4. The van der Waals surface area contributed by atoms with Crippen LogP contribution in [0.1, 0.15) is 27.7 Å². The largest absolute Gasteiger partial charge is 0.394 e. The molecule has 498 valence electrons. The molecular weight excluding hydrogens is 1180 g/mol. The standard InChI is InChI=1S/C48H81N3O35/c1-11-24(59)31(66)35(70)45(76-11)74-10-20-40(28(63)21(42(73)77-20)49-12(2)56)83-43-22(50-13(3)57)29(64)39(17(7-54)80-43)85-47-37(72)33(68)27(62)19(82-47)9-75-48-41(34(69)26(61)16(6-53)79-48)86-44-23(51-14(4)58)30(65)38(18(8-55)81-44)84-46-36(71)32(67)25(60)15(5-52)78-46/h11,15-48,52-55,59-73H,5-10H2,1-4H3,(H,49,56)(H,50,57)(H,51,58)/t11-,15+,16+,17+,18+,19+,20+,21+,22+,23+,24+,25-,26+,27+,28+,29+,30+,31+,32-,33-,34-,35-,36+,37-,38+,39+,40+,41-,42+,43-,44+,45+,46-,47-,48-/m0/s1. The van der Waals surface area contributed by atoms with Crippen LogP contribution in [0.25, 0.3) is 0 Å². The minimum Gasteiger partial charge on any atom is -0.394 e. The highest BCUT2D eigenvalue weighted by Gasteiger charge is 2.58. The zero-order valence-electron chi connectivity index (χ0n) is 46.5. The first kappa shape index (κ1) is 70.6. The summed E-state index contributed by atoms with van der Waals surface area (Å²) < 4.78 is 75.2. The van der Waals surface area contributed by atoms with Crippen molar-refractivity contribution in [3.05, 3.63) is 0 Å². The predicted molar refractivity (Wildman–Crippen MR) is 265 cm³/mol. The van der Waals surface area contributed by atoms with E-state index in [1.165, 1.54) is 6.92 Å². The van der Waals surface area contributed by atoms with Crippen molar-refractivity contribution in [2.75, 3.05) is 39.6 Å². The summed E-state index contributed by atoms with van der Waals surface area (Å²) in [5, 5.41) is 212. The van der Waals surface area contributed by atoms with E-state index in [-0.39, 0.29) is 0 Å². The van der Waals surface area contributed by atoms with E-state index in [4.69, 9.17) is 61.6 Å². The Kier molecular flexibility index (Phi) is 25.0. The molecule has 3 amide bonds. The number of carbonyl (C=O) groups excluding carboxylic acids is 3. The third kappa shape index (κ3) is 15.5. The van der Waals surface area contributed by atoms with Crippen molar-refractivity contribution in [1.82, 2.24) is 16.0 Å². The molecule has 7 aliphatic heterocycles. The smallest absolute Gasteiger partial charge is 0.217 e. The van der Waals surface area contributed by atoms with Crippen molar-refractivity contribution in [3.63, 3.8) is 0 Å². The molecule has 35 atom stereocenters. The number of nitrogens with one attached hydrogen (secondary N) is 3. The monoisotopic (exact) mass is 1260 g/mol. The second kappa shape index (κ2) is 30.5. The molecule has 0 saturated carbocycles. The predicted octanol–water partition coefficient (Wildman–Crippen LogP) is -14.8. The van der Waals surface area contributed by atoms with Gasteiger partial charge in [0.1, 0.15) is 165 Å². The molecule has 0 aromatic heterocycles. The van der Waals surface area contributed by atoms with Gasteiger partial charge in [-0.1, -0.05) is 0 Å². The lowest BCUT2D eigenvalue weighted by molar-refractivity contribution is -0.380. The van der Waals surface area contributed by atoms with Crippen LogP contribution in [0.5, 0.6) is 0 Å². The number of rotatable bonds is 21. The van der Waals surface area contributed by atoms with Gasteiger partial charge in [0.25, 0.3) is 0 Å². The van der Waals surface area contributed by atoms with Crippen LogP contribution in [0.2, 0.25) is 0 Å². The second-order valence-corrected chi connectivity index (χ2v) is 21.8. The average molecular weight is 1260 g/mol. The van der Waals surface area contributed by atoms with Crippen molar-refractivity contribution in [1.29, 1.82) is 0 Å². The molecule has 0 aliphatic carbocycles. The van der Waals surface area contributed by atoms with Gasteiger partial charge in [0.2, 0.25) is 17.7 Å². The molecular formula is C48H81N3O35. The van der Waals surface area contributed by atoms with Gasteiger partial charge in [-0.15, -0.1) is 0 Å². The number of ether oxygens (including phenoxy) is 13. The zero-order valence-corrected chi connectivity index (χ0v) is 46.5. The van der Waals surface area contributed by atoms with Crippen LogP contribution in [-0.2, 0) is 76.0 Å². The van der Waals surface area contributed by atoms with Crippen LogP contribution in [0, 0.1) is 0 Å². The Bertz CT molecular complexity index is 2170. The number of aliphatic hydroxyl groups is 19. The molecule has 0 aromatic carbocycles. The lowest BCUT2D eigenvalue weighted by Crippen LogP contribution is -2.70. The summed E-state index contributed by atoms with van der Waals surface area (Å²) in [4.78, 5) is 37.4. The Balaban J connectivity index is 1.07. The van der Waals surface area contributed by atoms with Crippen LogP contribution in [0.4, 0.5) is 0 Å². The van der Waals surface area contributed by atoms with Crippen LogP contribution < -0.4 is 16.0 Å². The third-order valence-electron chi connectivity index (χ3n) is 15.7. The first-order chi connectivity index (χ1) is 40.6. The van der Waals surface area contributed by atoms with E-state index in [9.17, 15) is 111 Å². The number of hydrogen-bond donors (Lipinski definition) is 22. The molecule has 7 rings (SSSR count). The molecule has 22 N–H and O–H groups in total. The molecule has 7 heterocycles. The van der Waals surface area contributed by atoms with Gasteiger partial charge in [-0.3, -0.25) is 14.4 Å². The Hall–Kier alpha value is -2.87. The number of carbonyl (C=O) groups is 3. The van der Waals surface area contributed by atoms with E-state index < -0.39 is 272 Å². The Morgan fingerprint density at radius 2 is 0.663 bits per heavy atom. The van der Waals surface area contributed by atoms with Crippen molar-refractivity contribution >= 4 is 17.7 Å². The summed E-state index contributed by atoms with van der Waals surface area (Å²) in [6, 6.07) is -5.17. The van der Waals surface area contributed by atoms with E-state index in [2.05, 4.69) is 16.0 Å². The quantitative estimate of drug-likeness (QED) is 0.0507. The lowest BCUT2D eigenvalue weighted by atomic mass is 9.94. The molecule has 86 heavy (non-hydrogen) atoms. The molecule has 7 aliphatic rings. The first-order valence-corrected chi connectivity index (χ1v) is 27.5. The first-order valence-electron chi connectivity index (χ1n) is 27.5. The third-order valence-corrected chi connectivity index (χ3v) is 15.7. The fourth-order valence-corrected chi connectivity index (χ4v) is 10.9. The van der Waals surface area contributed by atoms with E-state index in [1.807, 2.05) is 0 Å². The summed E-state index contributed by atoms with van der Waals surface area (Å²) in [6.07, 6.45) is -59.6. The summed E-state index contributed by atoms with van der Waals surface area (Å²) in [5.41, 5.74) is 0. The van der Waals surface area contributed by atoms with Crippen molar-refractivity contribution in [2.45, 2.75) is 242 Å². The number of aliphatic hydroxyl groups excluding tert-OH is 19. The fraction of sp³-hybridized carbons (Fsp3) is 0.938. The highest BCUT2D eigenvalue weighted by atomic mass is 16.8. The maximum absolute atomic E-state index is 12.7. The van der Waals surface area contributed by atoms with Gasteiger partial charge in [0.15, 0.2) is 44.0 Å². The molecule has 0 unspecified atom stereocenters. The molecule has 0 aromatic rings. The summed E-state index contributed by atoms with van der Waals surface area (Å²) in [6.45, 7) is -1.20. The highest BCUT2D eigenvalue weighted by Crippen LogP contribution is 2.37. The zero-order chi connectivity index (χ0) is 63.5. The minimum atomic E-state index is -2.21. The molecule has 0 bridgehead atoms. The van der Waals surface area contributed by atoms with Crippen molar-refractivity contribution in [2.24, 2.45) is 0 Å². The Morgan fingerprint density at radius 1 is 0.326 bits per heavy atom. The molecule has 7 saturated heterocycles. The molecule has 7 fully saturated rings. The van der Waals surface area contributed by atoms with Gasteiger partial charge in [-0.2, -0.15) is 0 Å². The minimum absolute atomic E-state index is 0.738. The Morgan fingerprint density at radius 3 is 1.14 bits per heavy atom. The number of hydrogen-bond acceptors (Lipinski definition) is 35. The van der Waals surface area contributed by atoms with Gasteiger partial charge in [-0.25, -0.2) is 0 Å². The number of amides is 3. The van der Waals surface area contributed by atoms with Crippen LogP contribution in [0.3, 0.4) is 0 Å². The molecule has 0 radical (unpaired) electrons. The van der Waals surface area contributed by atoms with Gasteiger partial charge < -0.3 is 175 Å². The van der Waals surface area contributed by atoms with Gasteiger partial charge in [-0.05, 0) is 6.92 Å².